The average molecular weight is 426 g/mol. The lowest BCUT2D eigenvalue weighted by Gasteiger charge is -2.23. The van der Waals surface area contributed by atoms with E-state index in [1.54, 1.807) is 12.1 Å². The fraction of sp³-hybridized carbons (Fsp3) is 0.368. The van der Waals surface area contributed by atoms with Gasteiger partial charge in [-0.25, -0.2) is 0 Å². The minimum Gasteiger partial charge on any atom is -0.493 e. The van der Waals surface area contributed by atoms with Gasteiger partial charge in [0.25, 0.3) is 0 Å². The lowest BCUT2D eigenvalue weighted by molar-refractivity contribution is -0.189. The summed E-state index contributed by atoms with van der Waals surface area (Å²) in [6, 6.07) is 3.28. The van der Waals surface area contributed by atoms with Crippen LogP contribution in [-0.4, -0.2) is 50.1 Å². The normalized spacial score (nSPS) is 17.4. The second-order valence-corrected chi connectivity index (χ2v) is 7.15. The van der Waals surface area contributed by atoms with Crippen molar-refractivity contribution in [2.45, 2.75) is 12.2 Å². The predicted molar refractivity (Wildman–Crippen MR) is 101 cm³/mol. The van der Waals surface area contributed by atoms with Gasteiger partial charge >= 0.3 is 0 Å². The Bertz CT molecular complexity index is 893. The Morgan fingerprint density at radius 3 is 2.39 bits per heavy atom. The number of nitrogens with zero attached hydrogens (tertiary/aromatic N) is 1. The standard InChI is InChI=1S/C19H17Cl2NO6/c1-24-16-3-2-11(15(23)6-12-13(20)7-22-8-14(12)21)17-18(16)26-10-19(9-25-17)27-4-5-28-19/h2-3,7-8H,4-6,9-10H2,1H3. The number of pyridine rings is 1. The summed E-state index contributed by atoms with van der Waals surface area (Å²) in [6.45, 7) is 1.11. The first kappa shape index (κ1) is 19.3. The molecule has 1 fully saturated rings. The summed E-state index contributed by atoms with van der Waals surface area (Å²) in [4.78, 5) is 16.9. The van der Waals surface area contributed by atoms with Gasteiger partial charge in [-0.2, -0.15) is 0 Å². The first-order chi connectivity index (χ1) is 13.5. The molecule has 7 nitrogen and oxygen atoms in total. The molecule has 0 atom stereocenters. The molecule has 9 heteroatoms. The molecule has 0 aliphatic carbocycles. The SMILES string of the molecule is COc1ccc(C(=O)Cc2c(Cl)cncc2Cl)c2c1OCC1(CO2)OCCO1. The van der Waals surface area contributed by atoms with Crippen molar-refractivity contribution in [2.75, 3.05) is 33.5 Å². The van der Waals surface area contributed by atoms with Crippen LogP contribution in [0, 0.1) is 0 Å². The summed E-state index contributed by atoms with van der Waals surface area (Å²) in [5, 5.41) is 0.647. The van der Waals surface area contributed by atoms with Gasteiger partial charge in [0.15, 0.2) is 17.3 Å². The van der Waals surface area contributed by atoms with Crippen LogP contribution in [0.25, 0.3) is 0 Å². The number of rotatable bonds is 4. The van der Waals surface area contributed by atoms with E-state index in [0.29, 0.717) is 45.9 Å². The molecule has 0 amide bonds. The predicted octanol–water partition coefficient (Wildman–Crippen LogP) is 3.34. The van der Waals surface area contributed by atoms with Gasteiger partial charge in [0, 0.05) is 24.4 Å². The number of aromatic nitrogens is 1. The Labute approximate surface area is 171 Å². The lowest BCUT2D eigenvalue weighted by atomic mass is 10.0. The number of carbonyl (C=O) groups is 1. The van der Waals surface area contributed by atoms with Crippen molar-refractivity contribution in [3.05, 3.63) is 45.7 Å². The summed E-state index contributed by atoms with van der Waals surface area (Å²) < 4.78 is 28.5. The molecule has 148 valence electrons. The number of fused-ring (bicyclic) bond motifs is 1. The molecular weight excluding hydrogens is 409 g/mol. The molecule has 3 heterocycles. The average Bonchev–Trinajstić information content (AvgIpc) is 3.07. The number of Topliss-reactive ketones (excluding diaryl/α,β-unsaturated/α-hetero) is 1. The smallest absolute Gasteiger partial charge is 0.238 e. The van der Waals surface area contributed by atoms with Crippen LogP contribution in [0.15, 0.2) is 24.5 Å². The quantitative estimate of drug-likeness (QED) is 0.695. The monoisotopic (exact) mass is 425 g/mol. The van der Waals surface area contributed by atoms with E-state index in [0.717, 1.165) is 0 Å². The maximum atomic E-state index is 13.0. The minimum atomic E-state index is -0.998. The van der Waals surface area contributed by atoms with E-state index in [1.807, 2.05) is 0 Å². The number of methoxy groups -OCH3 is 1. The summed E-state index contributed by atoms with van der Waals surface area (Å²) in [7, 11) is 1.51. The van der Waals surface area contributed by atoms with Crippen molar-refractivity contribution >= 4 is 29.0 Å². The molecule has 0 saturated carbocycles. The maximum Gasteiger partial charge on any atom is 0.238 e. The number of carbonyl (C=O) groups excluding carboxylic acids is 1. The zero-order valence-corrected chi connectivity index (χ0v) is 16.5. The first-order valence-corrected chi connectivity index (χ1v) is 9.34. The number of halogens is 2. The summed E-state index contributed by atoms with van der Waals surface area (Å²) >= 11 is 12.3. The fourth-order valence-corrected chi connectivity index (χ4v) is 3.64. The van der Waals surface area contributed by atoms with Crippen LogP contribution in [0.5, 0.6) is 17.2 Å². The van der Waals surface area contributed by atoms with Gasteiger partial charge in [0.05, 0.1) is 35.9 Å². The van der Waals surface area contributed by atoms with Crippen LogP contribution in [-0.2, 0) is 15.9 Å². The van der Waals surface area contributed by atoms with Gasteiger partial charge in [0.2, 0.25) is 11.5 Å². The van der Waals surface area contributed by atoms with E-state index < -0.39 is 5.79 Å². The van der Waals surface area contributed by atoms with Gasteiger partial charge < -0.3 is 23.7 Å². The second kappa shape index (κ2) is 7.75. The Hall–Kier alpha value is -2.06. The van der Waals surface area contributed by atoms with Crippen LogP contribution < -0.4 is 14.2 Å². The number of hydrogen-bond acceptors (Lipinski definition) is 7. The van der Waals surface area contributed by atoms with Crippen molar-refractivity contribution in [1.82, 2.24) is 4.98 Å². The number of benzene rings is 1. The Morgan fingerprint density at radius 1 is 1.11 bits per heavy atom. The third kappa shape index (κ3) is 3.51. The third-order valence-corrected chi connectivity index (χ3v) is 5.22. The van der Waals surface area contributed by atoms with E-state index in [4.69, 9.17) is 46.9 Å². The Balaban J connectivity index is 1.68. The van der Waals surface area contributed by atoms with E-state index in [2.05, 4.69) is 4.98 Å². The highest BCUT2D eigenvalue weighted by Gasteiger charge is 2.42. The molecule has 0 N–H and O–H groups in total. The zero-order chi connectivity index (χ0) is 19.7. The van der Waals surface area contributed by atoms with E-state index >= 15 is 0 Å². The largest absolute Gasteiger partial charge is 0.493 e. The molecule has 1 saturated heterocycles. The zero-order valence-electron chi connectivity index (χ0n) is 15.0. The van der Waals surface area contributed by atoms with Crippen LogP contribution >= 0.6 is 23.2 Å². The molecule has 1 spiro atoms. The van der Waals surface area contributed by atoms with Gasteiger partial charge in [-0.05, 0) is 12.1 Å². The second-order valence-electron chi connectivity index (χ2n) is 6.34. The number of hydrogen-bond donors (Lipinski definition) is 0. The molecule has 1 aromatic heterocycles. The van der Waals surface area contributed by atoms with Crippen molar-refractivity contribution < 1.29 is 28.5 Å². The molecule has 2 aliphatic rings. The summed E-state index contributed by atoms with van der Waals surface area (Å²) in [5.74, 6) is -0.177. The molecular formula is C19H17Cl2NO6. The minimum absolute atomic E-state index is 0.0134. The molecule has 0 unspecified atom stereocenters. The lowest BCUT2D eigenvalue weighted by Crippen LogP contribution is -2.42. The molecule has 0 radical (unpaired) electrons. The number of ketones is 1. The number of ether oxygens (including phenoxy) is 5. The summed E-state index contributed by atoms with van der Waals surface area (Å²) in [5.41, 5.74) is 0.830. The van der Waals surface area contributed by atoms with Gasteiger partial charge in [-0.1, -0.05) is 23.2 Å². The molecule has 28 heavy (non-hydrogen) atoms. The topological polar surface area (TPSA) is 76.1 Å². The van der Waals surface area contributed by atoms with Crippen LogP contribution in [0.4, 0.5) is 0 Å². The molecule has 2 aromatic rings. The van der Waals surface area contributed by atoms with Crippen LogP contribution in [0.2, 0.25) is 10.0 Å². The van der Waals surface area contributed by atoms with Crippen LogP contribution in [0.1, 0.15) is 15.9 Å². The van der Waals surface area contributed by atoms with Crippen molar-refractivity contribution in [2.24, 2.45) is 0 Å². The van der Waals surface area contributed by atoms with Crippen molar-refractivity contribution in [3.8, 4) is 17.2 Å². The molecule has 2 aliphatic heterocycles. The van der Waals surface area contributed by atoms with E-state index in [1.165, 1.54) is 19.5 Å². The van der Waals surface area contributed by atoms with E-state index in [9.17, 15) is 4.79 Å². The van der Waals surface area contributed by atoms with Crippen LogP contribution in [0.3, 0.4) is 0 Å². The van der Waals surface area contributed by atoms with E-state index in [-0.39, 0.29) is 31.2 Å². The Morgan fingerprint density at radius 2 is 1.75 bits per heavy atom. The van der Waals surface area contributed by atoms with Crippen molar-refractivity contribution in [1.29, 1.82) is 0 Å². The highest BCUT2D eigenvalue weighted by molar-refractivity contribution is 6.36. The fourth-order valence-electron chi connectivity index (χ4n) is 3.14. The highest BCUT2D eigenvalue weighted by atomic mass is 35.5. The Kier molecular flexibility index (Phi) is 5.33. The third-order valence-electron chi connectivity index (χ3n) is 4.57. The van der Waals surface area contributed by atoms with Crippen molar-refractivity contribution in [3.63, 3.8) is 0 Å². The van der Waals surface area contributed by atoms with Gasteiger partial charge in [-0.15, -0.1) is 0 Å². The maximum absolute atomic E-state index is 13.0. The molecule has 1 aromatic carbocycles. The van der Waals surface area contributed by atoms with Gasteiger partial charge in [-0.3, -0.25) is 9.78 Å². The van der Waals surface area contributed by atoms with Gasteiger partial charge in [0.1, 0.15) is 13.2 Å². The highest BCUT2D eigenvalue weighted by Crippen LogP contribution is 2.44. The summed E-state index contributed by atoms with van der Waals surface area (Å²) in [6.07, 6.45) is 2.88. The molecule has 0 bridgehead atoms. The first-order valence-electron chi connectivity index (χ1n) is 8.58. The molecule has 4 rings (SSSR count).